The molecule has 1 heterocycles. The van der Waals surface area contributed by atoms with Gasteiger partial charge < -0.3 is 14.8 Å². The number of para-hydroxylation sites is 1. The fourth-order valence-corrected chi connectivity index (χ4v) is 6.58. The lowest BCUT2D eigenvalue weighted by molar-refractivity contribution is -0.113. The van der Waals surface area contributed by atoms with Crippen LogP contribution in [-0.2, 0) is 11.4 Å². The lowest BCUT2D eigenvalue weighted by atomic mass is 9.84. The van der Waals surface area contributed by atoms with E-state index in [9.17, 15) is 18.0 Å². The Bertz CT molecular complexity index is 1260. The van der Waals surface area contributed by atoms with Crippen molar-refractivity contribution in [1.82, 2.24) is 14.8 Å². The Labute approximate surface area is 223 Å². The third-order valence-corrected chi connectivity index (χ3v) is 8.39. The smallest absolute Gasteiger partial charge is 0.387 e. The number of rotatable bonds is 11. The first-order chi connectivity index (χ1) is 18.4. The summed E-state index contributed by atoms with van der Waals surface area (Å²) in [4.78, 5) is 12.6. The molecule has 0 unspecified atom stereocenters. The van der Waals surface area contributed by atoms with Crippen molar-refractivity contribution in [1.29, 1.82) is 0 Å². The van der Waals surface area contributed by atoms with Gasteiger partial charge in [0.25, 0.3) is 0 Å². The van der Waals surface area contributed by atoms with Crippen LogP contribution in [0.25, 0.3) is 0 Å². The van der Waals surface area contributed by atoms with Gasteiger partial charge in [0.1, 0.15) is 12.4 Å². The van der Waals surface area contributed by atoms with Crippen LogP contribution in [0, 0.1) is 23.6 Å². The average Bonchev–Trinajstić information content (AvgIpc) is 3.64. The number of nitrogens with one attached hydrogen (secondary N) is 1. The number of aromatic nitrogens is 3. The summed E-state index contributed by atoms with van der Waals surface area (Å²) in [5.74, 6) is 2.01. The van der Waals surface area contributed by atoms with Gasteiger partial charge in [0.15, 0.2) is 22.5 Å². The summed E-state index contributed by atoms with van der Waals surface area (Å²) in [6.45, 7) is -0.694. The van der Waals surface area contributed by atoms with Crippen LogP contribution in [0.15, 0.2) is 53.7 Å². The quantitative estimate of drug-likeness (QED) is 0.284. The van der Waals surface area contributed by atoms with Crippen LogP contribution >= 0.6 is 11.8 Å². The van der Waals surface area contributed by atoms with Crippen molar-refractivity contribution in [2.45, 2.75) is 57.0 Å². The van der Waals surface area contributed by atoms with E-state index in [1.165, 1.54) is 61.4 Å². The molecule has 0 aliphatic heterocycles. The Morgan fingerprint density at radius 1 is 1.13 bits per heavy atom. The van der Waals surface area contributed by atoms with Crippen molar-refractivity contribution in [3.63, 3.8) is 0 Å². The lowest BCUT2D eigenvalue weighted by Gasteiger charge is -2.30. The second-order valence-corrected chi connectivity index (χ2v) is 10.7. The van der Waals surface area contributed by atoms with E-state index in [1.54, 1.807) is 18.2 Å². The lowest BCUT2D eigenvalue weighted by Crippen LogP contribution is -2.25. The molecule has 11 heteroatoms. The third-order valence-electron chi connectivity index (χ3n) is 7.44. The second-order valence-electron chi connectivity index (χ2n) is 9.81. The molecule has 0 saturated heterocycles. The first-order valence-electron chi connectivity index (χ1n) is 12.7. The van der Waals surface area contributed by atoms with Gasteiger partial charge in [0, 0.05) is 11.7 Å². The van der Waals surface area contributed by atoms with Crippen LogP contribution in [0.5, 0.6) is 11.5 Å². The van der Waals surface area contributed by atoms with Gasteiger partial charge in [-0.05, 0) is 80.3 Å². The van der Waals surface area contributed by atoms with E-state index in [4.69, 9.17) is 4.74 Å². The predicted molar refractivity (Wildman–Crippen MR) is 137 cm³/mol. The minimum absolute atomic E-state index is 0.0141. The first-order valence-corrected chi connectivity index (χ1v) is 13.6. The number of halogens is 3. The van der Waals surface area contributed by atoms with E-state index in [0.717, 1.165) is 12.3 Å². The van der Waals surface area contributed by atoms with E-state index in [-0.39, 0.29) is 35.8 Å². The number of nitrogens with zero attached hydrogens (tertiary/aromatic N) is 3. The molecular formula is C27H29F3N4O3S. The molecule has 7 nitrogen and oxygen atoms in total. The minimum Gasteiger partial charge on any atom is -0.483 e. The van der Waals surface area contributed by atoms with E-state index in [0.29, 0.717) is 28.5 Å². The SMILES string of the molecule is C[C@H]([C@@H]1C[C@H]2CC[C@H]1C2)n1c(COc2ccccc2F)nnc1SCC(=O)Nc1ccc(OC(F)F)cc1. The molecule has 2 fully saturated rings. The zero-order valence-electron chi connectivity index (χ0n) is 20.9. The Kier molecular flexibility index (Phi) is 8.11. The number of thioether (sulfide) groups is 1. The van der Waals surface area contributed by atoms with Crippen LogP contribution < -0.4 is 14.8 Å². The maximum absolute atomic E-state index is 14.1. The van der Waals surface area contributed by atoms with E-state index >= 15 is 0 Å². The highest BCUT2D eigenvalue weighted by molar-refractivity contribution is 7.99. The molecule has 2 aromatic carbocycles. The highest BCUT2D eigenvalue weighted by Crippen LogP contribution is 2.52. The predicted octanol–water partition coefficient (Wildman–Crippen LogP) is 6.33. The second kappa shape index (κ2) is 11.7. The van der Waals surface area contributed by atoms with Crippen LogP contribution in [0.1, 0.15) is 44.5 Å². The van der Waals surface area contributed by atoms with Crippen molar-refractivity contribution in [2.75, 3.05) is 11.1 Å². The van der Waals surface area contributed by atoms with Gasteiger partial charge in [0.05, 0.1) is 5.75 Å². The summed E-state index contributed by atoms with van der Waals surface area (Å²) in [6.07, 6.45) is 4.93. The van der Waals surface area contributed by atoms with E-state index in [2.05, 4.69) is 27.2 Å². The van der Waals surface area contributed by atoms with Crippen molar-refractivity contribution >= 4 is 23.4 Å². The summed E-state index contributed by atoms with van der Waals surface area (Å²) < 4.78 is 50.9. The third kappa shape index (κ3) is 6.09. The number of alkyl halides is 2. The number of carbonyl (C=O) groups is 1. The van der Waals surface area contributed by atoms with Gasteiger partial charge in [-0.15, -0.1) is 10.2 Å². The Balaban J connectivity index is 1.27. The van der Waals surface area contributed by atoms with E-state index in [1.807, 2.05) is 4.57 Å². The minimum atomic E-state index is -2.91. The molecule has 2 bridgehead atoms. The largest absolute Gasteiger partial charge is 0.483 e. The van der Waals surface area contributed by atoms with Gasteiger partial charge in [-0.1, -0.05) is 30.3 Å². The summed E-state index contributed by atoms with van der Waals surface area (Å²) in [6, 6.07) is 12.1. The molecule has 5 rings (SSSR count). The van der Waals surface area contributed by atoms with E-state index < -0.39 is 12.4 Å². The topological polar surface area (TPSA) is 78.3 Å². The number of hydrogen-bond donors (Lipinski definition) is 1. The molecule has 1 aromatic heterocycles. The molecule has 2 aliphatic carbocycles. The Morgan fingerprint density at radius 3 is 2.61 bits per heavy atom. The van der Waals surface area contributed by atoms with Crippen LogP contribution in [0.2, 0.25) is 0 Å². The number of amides is 1. The number of fused-ring (bicyclic) bond motifs is 2. The van der Waals surface area contributed by atoms with Crippen LogP contribution in [-0.4, -0.2) is 33.0 Å². The zero-order chi connectivity index (χ0) is 26.6. The first kappa shape index (κ1) is 26.4. The molecule has 2 aliphatic rings. The number of carbonyl (C=O) groups excluding carboxylic acids is 1. The summed E-state index contributed by atoms with van der Waals surface area (Å²) >= 11 is 1.26. The van der Waals surface area contributed by atoms with Gasteiger partial charge in [0.2, 0.25) is 5.91 Å². The number of hydrogen-bond acceptors (Lipinski definition) is 6. The molecular weight excluding hydrogens is 517 g/mol. The molecule has 0 spiro atoms. The highest BCUT2D eigenvalue weighted by atomic mass is 32.2. The monoisotopic (exact) mass is 546 g/mol. The Hall–Kier alpha value is -3.21. The average molecular weight is 547 g/mol. The zero-order valence-corrected chi connectivity index (χ0v) is 21.7. The Morgan fingerprint density at radius 2 is 1.92 bits per heavy atom. The summed E-state index contributed by atoms with van der Waals surface area (Å²) in [5.41, 5.74) is 0.466. The molecule has 4 atom stereocenters. The van der Waals surface area contributed by atoms with Gasteiger partial charge in [-0.25, -0.2) is 4.39 Å². The normalized spacial score (nSPS) is 21.0. The molecule has 0 radical (unpaired) electrons. The van der Waals surface area contributed by atoms with Crippen molar-refractivity contribution < 1.29 is 27.4 Å². The van der Waals surface area contributed by atoms with Crippen molar-refractivity contribution in [3.8, 4) is 11.5 Å². The van der Waals surface area contributed by atoms with Crippen molar-refractivity contribution in [3.05, 3.63) is 60.2 Å². The maximum Gasteiger partial charge on any atom is 0.387 e. The number of anilines is 1. The van der Waals surface area contributed by atoms with Gasteiger partial charge >= 0.3 is 6.61 Å². The molecule has 1 amide bonds. The van der Waals surface area contributed by atoms with Gasteiger partial charge in [-0.2, -0.15) is 8.78 Å². The molecule has 3 aromatic rings. The fourth-order valence-electron chi connectivity index (χ4n) is 5.74. The summed E-state index contributed by atoms with van der Waals surface area (Å²) in [7, 11) is 0. The fraction of sp³-hybridized carbons (Fsp3) is 0.444. The van der Waals surface area contributed by atoms with Crippen LogP contribution in [0.4, 0.5) is 18.9 Å². The maximum atomic E-state index is 14.1. The molecule has 2 saturated carbocycles. The number of ether oxygens (including phenoxy) is 2. The highest BCUT2D eigenvalue weighted by Gasteiger charge is 2.43. The van der Waals surface area contributed by atoms with Crippen molar-refractivity contribution in [2.24, 2.45) is 17.8 Å². The van der Waals surface area contributed by atoms with Gasteiger partial charge in [-0.3, -0.25) is 9.36 Å². The van der Waals surface area contributed by atoms with Crippen LogP contribution in [0.3, 0.4) is 0 Å². The number of benzene rings is 2. The standard InChI is InChI=1S/C27H29F3N4O3S/c1-16(21-13-17-6-7-18(21)12-17)34-24(14-36-23-5-3-2-4-22(23)28)32-33-27(34)38-15-25(35)31-19-8-10-20(11-9-19)37-26(29)30/h2-5,8-11,16-18,21,26H,6-7,12-15H2,1H3,(H,31,35)/t16-,17+,18+,21+/m1/s1. The molecule has 1 N–H and O–H groups in total. The summed E-state index contributed by atoms with van der Waals surface area (Å²) in [5, 5.41) is 12.1. The molecule has 38 heavy (non-hydrogen) atoms. The molecule has 202 valence electrons.